The third-order valence-electron chi connectivity index (χ3n) is 5.56. The fraction of sp³-hybridized carbons (Fsp3) is 0.600. The molecule has 0 N–H and O–H groups in total. The molecule has 25 heavy (non-hydrogen) atoms. The Bertz CT molecular complexity index is 652. The maximum absolute atomic E-state index is 13.1. The van der Waals surface area contributed by atoms with E-state index in [4.69, 9.17) is 0 Å². The van der Waals surface area contributed by atoms with Gasteiger partial charge in [0.05, 0.1) is 6.04 Å². The van der Waals surface area contributed by atoms with Crippen LogP contribution in [0.25, 0.3) is 0 Å². The van der Waals surface area contributed by atoms with Crippen molar-refractivity contribution in [2.24, 2.45) is 11.3 Å². The first-order valence-electron chi connectivity index (χ1n) is 9.13. The van der Waals surface area contributed by atoms with Crippen LogP contribution in [0.4, 0.5) is 4.39 Å². The molecule has 1 aliphatic carbocycles. The van der Waals surface area contributed by atoms with E-state index in [0.717, 1.165) is 18.4 Å². The lowest BCUT2D eigenvalue weighted by atomic mass is 10.00. The van der Waals surface area contributed by atoms with Gasteiger partial charge in [0.1, 0.15) is 5.82 Å². The molecule has 136 valence electrons. The molecule has 3 rings (SSSR count). The van der Waals surface area contributed by atoms with Crippen molar-refractivity contribution in [3.05, 3.63) is 35.6 Å². The van der Waals surface area contributed by atoms with Gasteiger partial charge in [-0.25, -0.2) is 4.39 Å². The first-order valence-corrected chi connectivity index (χ1v) is 9.13. The van der Waals surface area contributed by atoms with Gasteiger partial charge in [-0.05, 0) is 36.5 Å². The smallest absolute Gasteiger partial charge is 0.228 e. The van der Waals surface area contributed by atoms with Crippen LogP contribution in [0.15, 0.2) is 24.3 Å². The second-order valence-electron chi connectivity index (χ2n) is 8.02. The van der Waals surface area contributed by atoms with Crippen molar-refractivity contribution >= 4 is 11.8 Å². The highest BCUT2D eigenvalue weighted by molar-refractivity contribution is 5.86. The molecule has 0 aromatic heterocycles. The van der Waals surface area contributed by atoms with Crippen molar-refractivity contribution in [1.82, 2.24) is 9.80 Å². The number of nitrogens with zero attached hydrogens (tertiary/aromatic N) is 2. The van der Waals surface area contributed by atoms with Crippen LogP contribution in [0.2, 0.25) is 0 Å². The Kier molecular flexibility index (Phi) is 4.85. The van der Waals surface area contributed by atoms with Gasteiger partial charge in [0.2, 0.25) is 11.8 Å². The Morgan fingerprint density at radius 3 is 2.48 bits per heavy atom. The second-order valence-corrected chi connectivity index (χ2v) is 8.02. The molecule has 0 bridgehead atoms. The normalized spacial score (nSPS) is 22.9. The predicted molar refractivity (Wildman–Crippen MR) is 94.1 cm³/mol. The summed E-state index contributed by atoms with van der Waals surface area (Å²) in [4.78, 5) is 29.3. The molecule has 1 aliphatic heterocycles. The zero-order valence-corrected chi connectivity index (χ0v) is 15.3. The number of rotatable bonds is 4. The highest BCUT2D eigenvalue weighted by Gasteiger charge is 2.48. The van der Waals surface area contributed by atoms with Gasteiger partial charge in [-0.1, -0.05) is 32.9 Å². The Balaban J connectivity index is 1.80. The molecule has 5 heteroatoms. The van der Waals surface area contributed by atoms with E-state index in [9.17, 15) is 14.0 Å². The molecule has 0 radical (unpaired) electrons. The molecule has 2 fully saturated rings. The van der Waals surface area contributed by atoms with Gasteiger partial charge in [-0.15, -0.1) is 0 Å². The zero-order valence-electron chi connectivity index (χ0n) is 15.3. The van der Waals surface area contributed by atoms with E-state index in [1.165, 1.54) is 12.1 Å². The van der Waals surface area contributed by atoms with E-state index in [1.54, 1.807) is 12.1 Å². The Morgan fingerprint density at radius 2 is 1.92 bits per heavy atom. The topological polar surface area (TPSA) is 40.6 Å². The fourth-order valence-electron chi connectivity index (χ4n) is 3.51. The van der Waals surface area contributed by atoms with Crippen LogP contribution >= 0.6 is 0 Å². The SMILES string of the molecule is CC(C)[C@H]1CN(C(=O)C2(C)CC2)CCC(=O)N1Cc1ccc(F)cc1. The van der Waals surface area contributed by atoms with Crippen LogP contribution in [0.3, 0.4) is 0 Å². The van der Waals surface area contributed by atoms with Crippen molar-refractivity contribution in [2.45, 2.75) is 52.6 Å². The largest absolute Gasteiger partial charge is 0.340 e. The van der Waals surface area contributed by atoms with Gasteiger partial charge in [-0.2, -0.15) is 0 Å². The summed E-state index contributed by atoms with van der Waals surface area (Å²) in [6.07, 6.45) is 2.25. The molecule has 4 nitrogen and oxygen atoms in total. The van der Waals surface area contributed by atoms with Gasteiger partial charge in [-0.3, -0.25) is 9.59 Å². The molecule has 1 heterocycles. The first-order chi connectivity index (χ1) is 11.8. The molecule has 0 spiro atoms. The zero-order chi connectivity index (χ0) is 18.2. The second kappa shape index (κ2) is 6.77. The summed E-state index contributed by atoms with van der Waals surface area (Å²) in [6.45, 7) is 7.73. The quantitative estimate of drug-likeness (QED) is 0.840. The van der Waals surface area contributed by atoms with E-state index in [2.05, 4.69) is 13.8 Å². The summed E-state index contributed by atoms with van der Waals surface area (Å²) in [5.41, 5.74) is 0.700. The van der Waals surface area contributed by atoms with Gasteiger partial charge in [0.15, 0.2) is 0 Å². The minimum atomic E-state index is -0.277. The number of carbonyl (C=O) groups is 2. The average molecular weight is 346 g/mol. The molecule has 1 saturated heterocycles. The highest BCUT2D eigenvalue weighted by Crippen LogP contribution is 2.46. The van der Waals surface area contributed by atoms with Crippen molar-refractivity contribution in [3.63, 3.8) is 0 Å². The van der Waals surface area contributed by atoms with Gasteiger partial charge >= 0.3 is 0 Å². The maximum Gasteiger partial charge on any atom is 0.228 e. The van der Waals surface area contributed by atoms with Gasteiger partial charge in [0.25, 0.3) is 0 Å². The summed E-state index contributed by atoms with van der Waals surface area (Å²) in [5.74, 6) is 0.222. The first kappa shape index (κ1) is 17.9. The summed E-state index contributed by atoms with van der Waals surface area (Å²) >= 11 is 0. The number of halogens is 1. The lowest BCUT2D eigenvalue weighted by Gasteiger charge is -2.35. The standard InChI is InChI=1S/C20H27FN2O2/c1-14(2)17-13-22(19(25)20(3)9-10-20)11-8-18(24)23(17)12-15-4-6-16(21)7-5-15/h4-7,14,17H,8-13H2,1-3H3/t17-/m1/s1. The third-order valence-corrected chi connectivity index (χ3v) is 5.56. The number of amides is 2. The van der Waals surface area contributed by atoms with Crippen molar-refractivity contribution in [1.29, 1.82) is 0 Å². The van der Waals surface area contributed by atoms with E-state index >= 15 is 0 Å². The van der Waals surface area contributed by atoms with Crippen LogP contribution in [-0.4, -0.2) is 40.7 Å². The molecule has 1 atom stereocenters. The van der Waals surface area contributed by atoms with Crippen LogP contribution < -0.4 is 0 Å². The van der Waals surface area contributed by atoms with E-state index in [-0.39, 0.29) is 35.0 Å². The maximum atomic E-state index is 13.1. The number of hydrogen-bond donors (Lipinski definition) is 0. The molecule has 2 amide bonds. The van der Waals surface area contributed by atoms with Crippen molar-refractivity contribution in [2.75, 3.05) is 13.1 Å². The molecule has 1 aromatic rings. The predicted octanol–water partition coefficient (Wildman–Crippen LogP) is 3.21. The molecule has 0 unspecified atom stereocenters. The van der Waals surface area contributed by atoms with Crippen LogP contribution in [0.1, 0.15) is 45.6 Å². The molecular formula is C20H27FN2O2. The van der Waals surface area contributed by atoms with Crippen molar-refractivity contribution < 1.29 is 14.0 Å². The lowest BCUT2D eigenvalue weighted by molar-refractivity contribution is -0.137. The lowest BCUT2D eigenvalue weighted by Crippen LogP contribution is -2.48. The third kappa shape index (κ3) is 3.86. The number of hydrogen-bond acceptors (Lipinski definition) is 2. The molecule has 1 aromatic carbocycles. The monoisotopic (exact) mass is 346 g/mol. The van der Waals surface area contributed by atoms with Gasteiger partial charge < -0.3 is 9.80 Å². The van der Waals surface area contributed by atoms with E-state index in [1.807, 2.05) is 16.7 Å². The minimum absolute atomic E-state index is 0.0219. The van der Waals surface area contributed by atoms with Crippen LogP contribution in [-0.2, 0) is 16.1 Å². The van der Waals surface area contributed by atoms with E-state index in [0.29, 0.717) is 26.1 Å². The fourth-order valence-corrected chi connectivity index (χ4v) is 3.51. The average Bonchev–Trinajstić information content (AvgIpc) is 3.34. The molecule has 1 saturated carbocycles. The summed E-state index contributed by atoms with van der Waals surface area (Å²) in [7, 11) is 0. The summed E-state index contributed by atoms with van der Waals surface area (Å²) in [6, 6.07) is 6.27. The molecule has 2 aliphatic rings. The highest BCUT2D eigenvalue weighted by atomic mass is 19.1. The number of benzene rings is 1. The Hall–Kier alpha value is -1.91. The minimum Gasteiger partial charge on any atom is -0.340 e. The summed E-state index contributed by atoms with van der Waals surface area (Å²) < 4.78 is 13.1. The summed E-state index contributed by atoms with van der Waals surface area (Å²) in [5, 5.41) is 0. The van der Waals surface area contributed by atoms with Gasteiger partial charge in [0, 0.05) is 31.5 Å². The van der Waals surface area contributed by atoms with Crippen LogP contribution in [0.5, 0.6) is 0 Å². The Labute approximate surface area is 149 Å². The van der Waals surface area contributed by atoms with Crippen LogP contribution in [0, 0.1) is 17.2 Å². The Morgan fingerprint density at radius 1 is 1.28 bits per heavy atom. The molecular weight excluding hydrogens is 319 g/mol. The number of carbonyl (C=O) groups excluding carboxylic acids is 2. The van der Waals surface area contributed by atoms with E-state index < -0.39 is 0 Å². The van der Waals surface area contributed by atoms with Crippen molar-refractivity contribution in [3.8, 4) is 0 Å².